The van der Waals surface area contributed by atoms with Crippen LogP contribution in [0.5, 0.6) is 0 Å². The quantitative estimate of drug-likeness (QED) is 0.357. The highest BCUT2D eigenvalue weighted by Crippen LogP contribution is 2.32. The van der Waals surface area contributed by atoms with Crippen LogP contribution < -0.4 is 9.80 Å². The van der Waals surface area contributed by atoms with Gasteiger partial charge in [0.25, 0.3) is 11.6 Å². The largest absolute Gasteiger partial charge is 0.366 e. The van der Waals surface area contributed by atoms with E-state index in [0.717, 1.165) is 36.1 Å². The maximum Gasteiger partial charge on any atom is 0.293 e. The number of pyridine rings is 1. The van der Waals surface area contributed by atoms with Gasteiger partial charge in [-0.15, -0.1) is 0 Å². The molecular formula is C23H21BrN4O3. The number of anilines is 2. The Bertz CT molecular complexity index is 1080. The lowest BCUT2D eigenvalue weighted by Crippen LogP contribution is -2.31. The first-order valence-corrected chi connectivity index (χ1v) is 10.8. The van der Waals surface area contributed by atoms with Crippen LogP contribution >= 0.6 is 15.9 Å². The smallest absolute Gasteiger partial charge is 0.293 e. The van der Waals surface area contributed by atoms with Crippen LogP contribution in [0, 0.1) is 10.1 Å². The molecule has 1 fully saturated rings. The lowest BCUT2D eigenvalue weighted by Gasteiger charge is -2.23. The molecule has 1 aliphatic heterocycles. The van der Waals surface area contributed by atoms with Gasteiger partial charge in [0.05, 0.1) is 17.2 Å². The Hall–Kier alpha value is -3.26. The molecule has 2 aromatic carbocycles. The minimum atomic E-state index is -0.410. The topological polar surface area (TPSA) is 79.6 Å². The Labute approximate surface area is 188 Å². The number of carbonyl (C=O) groups excluding carboxylic acids is 1. The van der Waals surface area contributed by atoms with E-state index in [0.29, 0.717) is 11.4 Å². The lowest BCUT2D eigenvalue weighted by atomic mass is 10.1. The summed E-state index contributed by atoms with van der Waals surface area (Å²) in [6.07, 6.45) is 3.70. The normalized spacial score (nSPS) is 13.3. The van der Waals surface area contributed by atoms with Crippen LogP contribution in [0.4, 0.5) is 17.1 Å². The molecule has 0 N–H and O–H groups in total. The average Bonchev–Trinajstić information content (AvgIpc) is 3.33. The van der Waals surface area contributed by atoms with Gasteiger partial charge in [-0.05, 0) is 61.4 Å². The zero-order chi connectivity index (χ0) is 21.8. The number of aromatic nitrogens is 1. The number of nitro benzene ring substituents is 1. The Balaban J connectivity index is 1.71. The molecule has 0 unspecified atom stereocenters. The molecule has 8 heteroatoms. The Morgan fingerprint density at radius 1 is 1.10 bits per heavy atom. The standard InChI is InChI=1S/C23H21BrN4O3/c24-18-7-9-20(10-8-18)27(16-19-5-1-2-12-25-19)23(29)17-6-11-21(22(15-17)28(30)31)26-13-3-4-14-26/h1-2,5-12,15H,3-4,13-14,16H2. The molecule has 0 spiro atoms. The zero-order valence-corrected chi connectivity index (χ0v) is 18.4. The van der Waals surface area contributed by atoms with E-state index in [1.807, 2.05) is 47.4 Å². The van der Waals surface area contributed by atoms with Crippen LogP contribution in [0.2, 0.25) is 0 Å². The Morgan fingerprint density at radius 3 is 2.48 bits per heavy atom. The third-order valence-corrected chi connectivity index (χ3v) is 5.82. The van der Waals surface area contributed by atoms with Crippen molar-refractivity contribution < 1.29 is 9.72 Å². The summed E-state index contributed by atoms with van der Waals surface area (Å²) in [5, 5.41) is 11.8. The van der Waals surface area contributed by atoms with Gasteiger partial charge in [0.2, 0.25) is 0 Å². The molecule has 0 aliphatic carbocycles. The third kappa shape index (κ3) is 4.74. The van der Waals surface area contributed by atoms with Crippen molar-refractivity contribution in [2.45, 2.75) is 19.4 Å². The Kier molecular flexibility index (Phi) is 6.27. The van der Waals surface area contributed by atoms with Crippen molar-refractivity contribution in [2.75, 3.05) is 22.9 Å². The molecule has 2 heterocycles. The number of nitrogens with zero attached hydrogens (tertiary/aromatic N) is 4. The number of hydrogen-bond donors (Lipinski definition) is 0. The highest BCUT2D eigenvalue weighted by molar-refractivity contribution is 9.10. The third-order valence-electron chi connectivity index (χ3n) is 5.30. The first-order chi connectivity index (χ1) is 15.0. The lowest BCUT2D eigenvalue weighted by molar-refractivity contribution is -0.384. The van der Waals surface area contributed by atoms with Crippen LogP contribution in [0.15, 0.2) is 71.3 Å². The highest BCUT2D eigenvalue weighted by Gasteiger charge is 2.26. The molecule has 0 bridgehead atoms. The van der Waals surface area contributed by atoms with Gasteiger partial charge in [-0.25, -0.2) is 0 Å². The van der Waals surface area contributed by atoms with Crippen molar-refractivity contribution in [3.05, 3.63) is 92.7 Å². The minimum absolute atomic E-state index is 0.0404. The van der Waals surface area contributed by atoms with Crippen molar-refractivity contribution in [3.8, 4) is 0 Å². The summed E-state index contributed by atoms with van der Waals surface area (Å²) in [5.41, 5.74) is 2.21. The second kappa shape index (κ2) is 9.26. The molecule has 1 aromatic heterocycles. The molecule has 0 atom stereocenters. The molecular weight excluding hydrogens is 460 g/mol. The van der Waals surface area contributed by atoms with Gasteiger partial charge in [-0.3, -0.25) is 19.9 Å². The van der Waals surface area contributed by atoms with E-state index in [-0.39, 0.29) is 23.7 Å². The average molecular weight is 481 g/mol. The SMILES string of the molecule is O=C(c1ccc(N2CCCC2)c([N+](=O)[O-])c1)N(Cc1ccccn1)c1ccc(Br)cc1. The number of carbonyl (C=O) groups is 1. The number of amides is 1. The number of hydrogen-bond acceptors (Lipinski definition) is 5. The summed E-state index contributed by atoms with van der Waals surface area (Å²) in [7, 11) is 0. The highest BCUT2D eigenvalue weighted by atomic mass is 79.9. The van der Waals surface area contributed by atoms with Crippen molar-refractivity contribution in [1.82, 2.24) is 4.98 Å². The van der Waals surface area contributed by atoms with E-state index < -0.39 is 4.92 Å². The molecule has 0 radical (unpaired) electrons. The molecule has 1 aliphatic rings. The van der Waals surface area contributed by atoms with Gasteiger partial charge in [-0.2, -0.15) is 0 Å². The summed E-state index contributed by atoms with van der Waals surface area (Å²) in [5.74, 6) is -0.316. The predicted octanol–water partition coefficient (Wildman–Crippen LogP) is 5.20. The predicted molar refractivity (Wildman–Crippen MR) is 123 cm³/mol. The maximum absolute atomic E-state index is 13.5. The van der Waals surface area contributed by atoms with Gasteiger partial charge in [0, 0.05) is 41.1 Å². The van der Waals surface area contributed by atoms with Gasteiger partial charge < -0.3 is 9.80 Å². The van der Waals surface area contributed by atoms with E-state index in [9.17, 15) is 14.9 Å². The summed E-state index contributed by atoms with van der Waals surface area (Å²) in [6, 6.07) is 17.6. The number of rotatable bonds is 6. The Morgan fingerprint density at radius 2 is 1.84 bits per heavy atom. The number of nitro groups is 1. The van der Waals surface area contributed by atoms with Crippen LogP contribution in [-0.2, 0) is 6.54 Å². The fourth-order valence-electron chi connectivity index (χ4n) is 3.74. The fraction of sp³-hybridized carbons (Fsp3) is 0.217. The molecule has 1 saturated heterocycles. The molecule has 4 rings (SSSR count). The van der Waals surface area contributed by atoms with Crippen molar-refractivity contribution >= 4 is 38.9 Å². The van der Waals surface area contributed by atoms with Crippen molar-refractivity contribution in [1.29, 1.82) is 0 Å². The monoisotopic (exact) mass is 480 g/mol. The second-order valence-electron chi connectivity index (χ2n) is 7.34. The molecule has 158 valence electrons. The van der Waals surface area contributed by atoms with E-state index in [4.69, 9.17) is 0 Å². The van der Waals surface area contributed by atoms with E-state index in [1.165, 1.54) is 6.07 Å². The van der Waals surface area contributed by atoms with Gasteiger partial charge >= 0.3 is 0 Å². The van der Waals surface area contributed by atoms with Crippen molar-refractivity contribution in [2.24, 2.45) is 0 Å². The van der Waals surface area contributed by atoms with Crippen LogP contribution in [0.25, 0.3) is 0 Å². The molecule has 3 aromatic rings. The molecule has 31 heavy (non-hydrogen) atoms. The minimum Gasteiger partial charge on any atom is -0.366 e. The first kappa shape index (κ1) is 21.0. The van der Waals surface area contributed by atoms with Crippen LogP contribution in [0.1, 0.15) is 28.9 Å². The van der Waals surface area contributed by atoms with Gasteiger partial charge in [0.1, 0.15) is 5.69 Å². The summed E-state index contributed by atoms with van der Waals surface area (Å²) in [4.78, 5) is 32.8. The van der Waals surface area contributed by atoms with Crippen LogP contribution in [0.3, 0.4) is 0 Å². The second-order valence-corrected chi connectivity index (χ2v) is 8.26. The number of benzene rings is 2. The summed E-state index contributed by atoms with van der Waals surface area (Å²) >= 11 is 3.41. The summed E-state index contributed by atoms with van der Waals surface area (Å²) in [6.45, 7) is 1.83. The van der Waals surface area contributed by atoms with E-state index >= 15 is 0 Å². The first-order valence-electron chi connectivity index (χ1n) is 10.0. The van der Waals surface area contributed by atoms with Gasteiger partial charge in [-0.1, -0.05) is 22.0 Å². The fourth-order valence-corrected chi connectivity index (χ4v) is 4.00. The van der Waals surface area contributed by atoms with E-state index in [1.54, 1.807) is 23.2 Å². The maximum atomic E-state index is 13.5. The van der Waals surface area contributed by atoms with Crippen LogP contribution in [-0.4, -0.2) is 28.9 Å². The van der Waals surface area contributed by atoms with Gasteiger partial charge in [0.15, 0.2) is 0 Å². The van der Waals surface area contributed by atoms with Crippen molar-refractivity contribution in [3.63, 3.8) is 0 Å². The molecule has 1 amide bonds. The summed E-state index contributed by atoms with van der Waals surface area (Å²) < 4.78 is 0.895. The van der Waals surface area contributed by atoms with E-state index in [2.05, 4.69) is 20.9 Å². The molecule has 0 saturated carbocycles. The molecule has 7 nitrogen and oxygen atoms in total. The number of halogens is 1. The zero-order valence-electron chi connectivity index (χ0n) is 16.8.